The van der Waals surface area contributed by atoms with Gasteiger partial charge < -0.3 is 10.2 Å². The van der Waals surface area contributed by atoms with E-state index in [9.17, 15) is 4.79 Å². The summed E-state index contributed by atoms with van der Waals surface area (Å²) in [4.78, 5) is 14.6. The van der Waals surface area contributed by atoms with Crippen molar-refractivity contribution in [2.24, 2.45) is 0 Å². The summed E-state index contributed by atoms with van der Waals surface area (Å²) >= 11 is 1.42. The monoisotopic (exact) mass is 359 g/mol. The molecule has 134 valence electrons. The summed E-state index contributed by atoms with van der Waals surface area (Å²) in [5.41, 5.74) is 3.01. The number of benzene rings is 1. The van der Waals surface area contributed by atoms with Crippen LogP contribution < -0.4 is 15.5 Å². The number of aromatic nitrogens is 2. The minimum absolute atomic E-state index is 0.295. The van der Waals surface area contributed by atoms with Crippen LogP contribution in [0.3, 0.4) is 0 Å². The van der Waals surface area contributed by atoms with Crippen LogP contribution in [0.25, 0.3) is 0 Å². The largest absolute Gasteiger partial charge is 0.341 e. The number of amides is 2. The number of carbonyl (C=O) groups excluding carboxylic acids is 1. The molecule has 3 rings (SSSR count). The van der Waals surface area contributed by atoms with E-state index in [2.05, 4.69) is 39.6 Å². The third-order valence-electron chi connectivity index (χ3n) is 4.90. The van der Waals surface area contributed by atoms with Crippen LogP contribution in [-0.2, 0) is 0 Å². The van der Waals surface area contributed by atoms with Crippen LogP contribution in [-0.4, -0.2) is 28.3 Å². The normalized spacial score (nSPS) is 20.4. The fraction of sp³-hybridized carbons (Fsp3) is 0.500. The summed E-state index contributed by atoms with van der Waals surface area (Å²) in [6.07, 6.45) is 3.58. The summed E-state index contributed by atoms with van der Waals surface area (Å²) in [6.45, 7) is 8.46. The van der Waals surface area contributed by atoms with E-state index in [1.807, 2.05) is 32.0 Å². The maximum absolute atomic E-state index is 12.3. The Balaban J connectivity index is 1.66. The molecule has 1 aliphatic heterocycles. The first kappa shape index (κ1) is 17.7. The van der Waals surface area contributed by atoms with Crippen molar-refractivity contribution in [2.45, 2.75) is 59.0 Å². The molecule has 0 saturated carbocycles. The zero-order valence-electron chi connectivity index (χ0n) is 15.2. The molecule has 0 spiro atoms. The van der Waals surface area contributed by atoms with Crippen molar-refractivity contribution in [1.29, 1.82) is 0 Å². The van der Waals surface area contributed by atoms with Crippen LogP contribution in [0.5, 0.6) is 0 Å². The molecule has 1 aromatic carbocycles. The average Bonchev–Trinajstić information content (AvgIpc) is 2.99. The van der Waals surface area contributed by atoms with E-state index in [1.165, 1.54) is 30.6 Å². The van der Waals surface area contributed by atoms with Crippen LogP contribution in [0.4, 0.5) is 20.7 Å². The molecule has 6 nitrogen and oxygen atoms in total. The summed E-state index contributed by atoms with van der Waals surface area (Å²) in [6, 6.07) is 6.46. The van der Waals surface area contributed by atoms with Gasteiger partial charge in [0.25, 0.3) is 0 Å². The van der Waals surface area contributed by atoms with Crippen molar-refractivity contribution in [3.05, 3.63) is 29.3 Å². The van der Waals surface area contributed by atoms with Gasteiger partial charge in [-0.3, -0.25) is 5.32 Å². The standard InChI is InChI=1S/C18H25N5OS/c1-11-7-5-10-15(14(11)4)19-16(24)20-17-21-22-18(25-17)23-12(2)8-6-9-13(23)3/h5,7,10,12-13H,6,8-9H2,1-4H3,(H2,19,20,21,24)/t12-,13-/m1/s1. The lowest BCUT2D eigenvalue weighted by molar-refractivity contribution is 0.262. The molecule has 0 aliphatic carbocycles. The molecule has 7 heteroatoms. The molecule has 0 unspecified atom stereocenters. The molecule has 1 saturated heterocycles. The number of aryl methyl sites for hydroxylation is 1. The van der Waals surface area contributed by atoms with Gasteiger partial charge in [-0.2, -0.15) is 0 Å². The molecule has 2 atom stereocenters. The van der Waals surface area contributed by atoms with Gasteiger partial charge in [-0.1, -0.05) is 23.5 Å². The Morgan fingerprint density at radius 1 is 1.16 bits per heavy atom. The summed E-state index contributed by atoms with van der Waals surface area (Å²) in [5, 5.41) is 15.5. The van der Waals surface area contributed by atoms with E-state index >= 15 is 0 Å². The lowest BCUT2D eigenvalue weighted by Crippen LogP contribution is -2.43. The van der Waals surface area contributed by atoms with Gasteiger partial charge in [0.05, 0.1) is 0 Å². The number of hydrogen-bond donors (Lipinski definition) is 2. The third kappa shape index (κ3) is 3.92. The smallest absolute Gasteiger partial charge is 0.325 e. The lowest BCUT2D eigenvalue weighted by atomic mass is 9.98. The van der Waals surface area contributed by atoms with E-state index in [0.29, 0.717) is 17.2 Å². The lowest BCUT2D eigenvalue weighted by Gasteiger charge is -2.38. The highest BCUT2D eigenvalue weighted by Crippen LogP contribution is 2.32. The van der Waals surface area contributed by atoms with Gasteiger partial charge in [0.15, 0.2) is 0 Å². The second-order valence-electron chi connectivity index (χ2n) is 6.75. The maximum atomic E-state index is 12.3. The van der Waals surface area contributed by atoms with Crippen molar-refractivity contribution in [3.63, 3.8) is 0 Å². The molecule has 25 heavy (non-hydrogen) atoms. The predicted octanol–water partition coefficient (Wildman–Crippen LogP) is 4.57. The second-order valence-corrected chi connectivity index (χ2v) is 7.71. The van der Waals surface area contributed by atoms with Gasteiger partial charge in [0.1, 0.15) is 0 Å². The SMILES string of the molecule is Cc1cccc(NC(=O)Nc2nnc(N3[C@H](C)CCC[C@H]3C)s2)c1C. The summed E-state index contributed by atoms with van der Waals surface area (Å²) < 4.78 is 0. The molecule has 2 N–H and O–H groups in total. The molecule has 0 radical (unpaired) electrons. The number of nitrogens with one attached hydrogen (secondary N) is 2. The molecule has 1 aromatic heterocycles. The zero-order chi connectivity index (χ0) is 18.0. The van der Waals surface area contributed by atoms with Crippen molar-refractivity contribution in [3.8, 4) is 0 Å². The molecule has 2 aromatic rings. The number of urea groups is 1. The fourth-order valence-electron chi connectivity index (χ4n) is 3.31. The Morgan fingerprint density at radius 2 is 1.88 bits per heavy atom. The fourth-order valence-corrected chi connectivity index (χ4v) is 4.25. The first-order chi connectivity index (χ1) is 12.0. The van der Waals surface area contributed by atoms with Crippen molar-refractivity contribution < 1.29 is 4.79 Å². The summed E-state index contributed by atoms with van der Waals surface area (Å²) in [7, 11) is 0. The second kappa shape index (κ2) is 7.39. The van der Waals surface area contributed by atoms with E-state index in [-0.39, 0.29) is 6.03 Å². The minimum Gasteiger partial charge on any atom is -0.341 e. The van der Waals surface area contributed by atoms with E-state index in [0.717, 1.165) is 21.9 Å². The number of carbonyl (C=O) groups is 1. The van der Waals surface area contributed by atoms with Gasteiger partial charge in [0.2, 0.25) is 10.3 Å². The highest BCUT2D eigenvalue weighted by Gasteiger charge is 2.27. The zero-order valence-corrected chi connectivity index (χ0v) is 16.0. The molecule has 0 bridgehead atoms. The molecule has 2 heterocycles. The van der Waals surface area contributed by atoms with Gasteiger partial charge in [-0.25, -0.2) is 4.79 Å². The van der Waals surface area contributed by atoms with Crippen LogP contribution in [0.2, 0.25) is 0 Å². The number of piperidine rings is 1. The number of anilines is 3. The van der Waals surface area contributed by atoms with Gasteiger partial charge >= 0.3 is 6.03 Å². The first-order valence-electron chi connectivity index (χ1n) is 8.71. The molecular weight excluding hydrogens is 334 g/mol. The van der Waals surface area contributed by atoms with Crippen molar-refractivity contribution in [1.82, 2.24) is 10.2 Å². The minimum atomic E-state index is -0.295. The molecule has 1 fully saturated rings. The Morgan fingerprint density at radius 3 is 2.60 bits per heavy atom. The van der Waals surface area contributed by atoms with Crippen LogP contribution in [0, 0.1) is 13.8 Å². The van der Waals surface area contributed by atoms with Crippen molar-refractivity contribution >= 4 is 33.3 Å². The summed E-state index contributed by atoms with van der Waals surface area (Å²) in [5.74, 6) is 0. The molecule has 2 amide bonds. The first-order valence-corrected chi connectivity index (χ1v) is 9.53. The van der Waals surface area contributed by atoms with Crippen molar-refractivity contribution in [2.75, 3.05) is 15.5 Å². The van der Waals surface area contributed by atoms with Crippen LogP contribution in [0.15, 0.2) is 18.2 Å². The number of nitrogens with zero attached hydrogens (tertiary/aromatic N) is 3. The Hall–Kier alpha value is -2.15. The number of rotatable bonds is 3. The Labute approximate surface area is 152 Å². The predicted molar refractivity (Wildman–Crippen MR) is 104 cm³/mol. The van der Waals surface area contributed by atoms with E-state index in [4.69, 9.17) is 0 Å². The highest BCUT2D eigenvalue weighted by atomic mass is 32.1. The van der Waals surface area contributed by atoms with Gasteiger partial charge in [-0.05, 0) is 64.2 Å². The average molecular weight is 359 g/mol. The maximum Gasteiger partial charge on any atom is 0.325 e. The Kier molecular flexibility index (Phi) is 5.22. The number of hydrogen-bond acceptors (Lipinski definition) is 5. The van der Waals surface area contributed by atoms with E-state index in [1.54, 1.807) is 0 Å². The van der Waals surface area contributed by atoms with Gasteiger partial charge in [0, 0.05) is 17.8 Å². The third-order valence-corrected chi connectivity index (χ3v) is 5.75. The molecular formula is C18H25N5OS. The molecule has 1 aliphatic rings. The van der Waals surface area contributed by atoms with Crippen LogP contribution in [0.1, 0.15) is 44.2 Å². The van der Waals surface area contributed by atoms with Gasteiger partial charge in [-0.15, -0.1) is 10.2 Å². The Bertz CT molecular complexity index is 750. The topological polar surface area (TPSA) is 70.1 Å². The highest BCUT2D eigenvalue weighted by molar-refractivity contribution is 7.19. The quantitative estimate of drug-likeness (QED) is 0.842. The van der Waals surface area contributed by atoms with E-state index < -0.39 is 0 Å². The van der Waals surface area contributed by atoms with Crippen LogP contribution >= 0.6 is 11.3 Å².